The van der Waals surface area contributed by atoms with E-state index >= 15 is 0 Å². The summed E-state index contributed by atoms with van der Waals surface area (Å²) >= 11 is 0. The molecular weight excluding hydrogens is 126 g/mol. The number of hydrogen-bond acceptors (Lipinski definition) is 2. The molecule has 0 heterocycles. The lowest BCUT2D eigenvalue weighted by Gasteiger charge is -2.05. The van der Waals surface area contributed by atoms with Crippen molar-refractivity contribution in [2.24, 2.45) is 5.92 Å². The first kappa shape index (κ1) is 9.48. The quantitative estimate of drug-likeness (QED) is 0.434. The molecule has 1 atom stereocenters. The van der Waals surface area contributed by atoms with Gasteiger partial charge in [-0.25, -0.2) is 0 Å². The lowest BCUT2D eigenvalue weighted by molar-refractivity contribution is 0.235. The molecular formula is C8H15NO. The van der Waals surface area contributed by atoms with Crippen molar-refractivity contribution in [3.05, 3.63) is 0 Å². The van der Waals surface area contributed by atoms with E-state index in [4.69, 9.17) is 5.11 Å². The molecule has 0 radical (unpaired) electrons. The van der Waals surface area contributed by atoms with E-state index in [0.717, 1.165) is 13.1 Å². The van der Waals surface area contributed by atoms with E-state index < -0.39 is 0 Å². The van der Waals surface area contributed by atoms with E-state index in [1.54, 1.807) is 0 Å². The summed E-state index contributed by atoms with van der Waals surface area (Å²) in [4.78, 5) is 0. The minimum absolute atomic E-state index is 0.243. The zero-order valence-electron chi connectivity index (χ0n) is 6.65. The Labute approximate surface area is 62.6 Å². The zero-order valence-corrected chi connectivity index (χ0v) is 6.65. The third-order valence-electron chi connectivity index (χ3n) is 1.19. The third kappa shape index (κ3) is 5.61. The normalized spacial score (nSPS) is 11.9. The lowest BCUT2D eigenvalue weighted by atomic mass is 10.2. The maximum Gasteiger partial charge on any atom is 0.0576 e. The minimum Gasteiger partial charge on any atom is -0.396 e. The molecule has 0 amide bonds. The van der Waals surface area contributed by atoms with Crippen LogP contribution in [0.5, 0.6) is 0 Å². The molecule has 0 fully saturated rings. The van der Waals surface area contributed by atoms with Crippen molar-refractivity contribution in [2.75, 3.05) is 19.7 Å². The zero-order chi connectivity index (χ0) is 7.82. The highest BCUT2D eigenvalue weighted by Gasteiger charge is 1.95. The van der Waals surface area contributed by atoms with Crippen LogP contribution in [0, 0.1) is 17.8 Å². The monoisotopic (exact) mass is 141 g/mol. The maximum atomic E-state index is 8.62. The number of aliphatic hydroxyl groups excluding tert-OH is 1. The average molecular weight is 141 g/mol. The number of aliphatic hydroxyl groups is 1. The summed E-state index contributed by atoms with van der Waals surface area (Å²) in [5, 5.41) is 11.7. The number of hydrogen-bond donors (Lipinski definition) is 2. The van der Waals surface area contributed by atoms with Gasteiger partial charge in [0.2, 0.25) is 0 Å². The first-order valence-corrected chi connectivity index (χ1v) is 3.52. The van der Waals surface area contributed by atoms with Gasteiger partial charge in [0.25, 0.3) is 0 Å². The Morgan fingerprint density at radius 1 is 1.60 bits per heavy atom. The second-order valence-electron chi connectivity index (χ2n) is 2.35. The Morgan fingerprint density at radius 3 is 2.80 bits per heavy atom. The van der Waals surface area contributed by atoms with Gasteiger partial charge in [-0.3, -0.25) is 0 Å². The molecule has 0 aliphatic heterocycles. The Kier molecular flexibility index (Phi) is 6.25. The highest BCUT2D eigenvalue weighted by atomic mass is 16.3. The van der Waals surface area contributed by atoms with Gasteiger partial charge < -0.3 is 10.4 Å². The van der Waals surface area contributed by atoms with Crippen LogP contribution < -0.4 is 5.32 Å². The summed E-state index contributed by atoms with van der Waals surface area (Å²) in [6.07, 6.45) is 0. The van der Waals surface area contributed by atoms with Crippen LogP contribution in [0.3, 0.4) is 0 Å². The summed E-state index contributed by atoms with van der Waals surface area (Å²) in [6.45, 7) is 5.61. The molecule has 0 aromatic heterocycles. The van der Waals surface area contributed by atoms with Gasteiger partial charge in [0, 0.05) is 13.2 Å². The standard InChI is InChI=1S/C8H15NO/c1-3-4-5-9-6-8(2)7-10/h8-10H,5-7H2,1-2H3. The van der Waals surface area contributed by atoms with Crippen LogP contribution in [-0.2, 0) is 0 Å². The van der Waals surface area contributed by atoms with E-state index in [2.05, 4.69) is 17.2 Å². The SMILES string of the molecule is CC#CCNCC(C)CO. The molecule has 2 nitrogen and oxygen atoms in total. The fourth-order valence-electron chi connectivity index (χ4n) is 0.534. The van der Waals surface area contributed by atoms with Crippen molar-refractivity contribution in [1.82, 2.24) is 5.32 Å². The van der Waals surface area contributed by atoms with Crippen LogP contribution >= 0.6 is 0 Å². The van der Waals surface area contributed by atoms with Crippen LogP contribution in [0.1, 0.15) is 13.8 Å². The molecule has 0 aromatic rings. The van der Waals surface area contributed by atoms with Crippen molar-refractivity contribution >= 4 is 0 Å². The number of nitrogens with one attached hydrogen (secondary N) is 1. The van der Waals surface area contributed by atoms with Gasteiger partial charge in [0.15, 0.2) is 0 Å². The van der Waals surface area contributed by atoms with Gasteiger partial charge in [-0.05, 0) is 12.8 Å². The van der Waals surface area contributed by atoms with Crippen molar-refractivity contribution in [2.45, 2.75) is 13.8 Å². The molecule has 0 spiro atoms. The van der Waals surface area contributed by atoms with E-state index in [0.29, 0.717) is 5.92 Å². The summed E-state index contributed by atoms with van der Waals surface area (Å²) in [7, 11) is 0. The summed E-state index contributed by atoms with van der Waals surface area (Å²) in [6, 6.07) is 0. The summed E-state index contributed by atoms with van der Waals surface area (Å²) < 4.78 is 0. The van der Waals surface area contributed by atoms with E-state index in [1.165, 1.54) is 0 Å². The molecule has 0 aromatic carbocycles. The van der Waals surface area contributed by atoms with E-state index in [1.807, 2.05) is 13.8 Å². The van der Waals surface area contributed by atoms with Gasteiger partial charge in [0.05, 0.1) is 6.54 Å². The molecule has 2 N–H and O–H groups in total. The second-order valence-corrected chi connectivity index (χ2v) is 2.35. The predicted molar refractivity (Wildman–Crippen MR) is 42.6 cm³/mol. The molecule has 58 valence electrons. The van der Waals surface area contributed by atoms with Gasteiger partial charge in [-0.2, -0.15) is 0 Å². The predicted octanol–water partition coefficient (Wildman–Crippen LogP) is 0.228. The highest BCUT2D eigenvalue weighted by molar-refractivity contribution is 4.96. The van der Waals surface area contributed by atoms with Crippen LogP contribution in [0.15, 0.2) is 0 Å². The van der Waals surface area contributed by atoms with Crippen molar-refractivity contribution in [3.63, 3.8) is 0 Å². The Balaban J connectivity index is 3.08. The topological polar surface area (TPSA) is 32.3 Å². The smallest absolute Gasteiger partial charge is 0.0576 e. The van der Waals surface area contributed by atoms with Crippen LogP contribution in [0.25, 0.3) is 0 Å². The van der Waals surface area contributed by atoms with Gasteiger partial charge in [-0.15, -0.1) is 5.92 Å². The fraction of sp³-hybridized carbons (Fsp3) is 0.750. The highest BCUT2D eigenvalue weighted by Crippen LogP contribution is 1.86. The van der Waals surface area contributed by atoms with Gasteiger partial charge in [-0.1, -0.05) is 12.8 Å². The Hall–Kier alpha value is -0.520. The van der Waals surface area contributed by atoms with Crippen LogP contribution in [0.2, 0.25) is 0 Å². The molecule has 0 saturated heterocycles. The third-order valence-corrected chi connectivity index (χ3v) is 1.19. The molecule has 10 heavy (non-hydrogen) atoms. The molecule has 0 saturated carbocycles. The Bertz CT molecular complexity index is 123. The van der Waals surface area contributed by atoms with Crippen LogP contribution in [-0.4, -0.2) is 24.8 Å². The molecule has 0 rings (SSSR count). The fourth-order valence-corrected chi connectivity index (χ4v) is 0.534. The summed E-state index contributed by atoms with van der Waals surface area (Å²) in [5.41, 5.74) is 0. The van der Waals surface area contributed by atoms with E-state index in [9.17, 15) is 0 Å². The van der Waals surface area contributed by atoms with Crippen molar-refractivity contribution < 1.29 is 5.11 Å². The lowest BCUT2D eigenvalue weighted by Crippen LogP contribution is -2.23. The minimum atomic E-state index is 0.243. The second kappa shape index (κ2) is 6.60. The molecule has 2 heteroatoms. The molecule has 0 bridgehead atoms. The van der Waals surface area contributed by atoms with Crippen molar-refractivity contribution in [1.29, 1.82) is 0 Å². The first-order chi connectivity index (χ1) is 4.81. The molecule has 1 unspecified atom stereocenters. The van der Waals surface area contributed by atoms with Gasteiger partial charge >= 0.3 is 0 Å². The average Bonchev–Trinajstić information content (AvgIpc) is 1.98. The van der Waals surface area contributed by atoms with Gasteiger partial charge in [0.1, 0.15) is 0 Å². The van der Waals surface area contributed by atoms with E-state index in [-0.39, 0.29) is 6.61 Å². The van der Waals surface area contributed by atoms with Crippen molar-refractivity contribution in [3.8, 4) is 11.8 Å². The Morgan fingerprint density at radius 2 is 2.30 bits per heavy atom. The summed E-state index contributed by atoms with van der Waals surface area (Å²) in [5.74, 6) is 6.00. The number of rotatable bonds is 4. The largest absolute Gasteiger partial charge is 0.396 e. The molecule has 0 aliphatic rings. The molecule has 0 aliphatic carbocycles. The van der Waals surface area contributed by atoms with Crippen LogP contribution in [0.4, 0.5) is 0 Å². The first-order valence-electron chi connectivity index (χ1n) is 3.52. The maximum absolute atomic E-state index is 8.62.